The molecule has 1 aliphatic carbocycles. The van der Waals surface area contributed by atoms with Crippen LogP contribution >= 0.6 is 0 Å². The van der Waals surface area contributed by atoms with Crippen molar-refractivity contribution in [3.63, 3.8) is 0 Å². The number of hydrogen-bond acceptors (Lipinski definition) is 3. The van der Waals surface area contributed by atoms with Crippen LogP contribution in [0.3, 0.4) is 0 Å². The number of aromatic nitrogens is 3. The fourth-order valence-electron chi connectivity index (χ4n) is 2.37. The first kappa shape index (κ1) is 11.0. The predicted molar refractivity (Wildman–Crippen MR) is 67.4 cm³/mol. The van der Waals surface area contributed by atoms with Crippen molar-refractivity contribution in [3.05, 3.63) is 41.2 Å². The van der Waals surface area contributed by atoms with E-state index >= 15 is 0 Å². The van der Waals surface area contributed by atoms with Gasteiger partial charge in [0.2, 0.25) is 0 Å². The SMILES string of the molecule is Cc1cccc(-n2nnc(C#N)c2C2CCC2)c1. The molecule has 2 aromatic rings. The third-order valence-corrected chi connectivity index (χ3v) is 3.55. The summed E-state index contributed by atoms with van der Waals surface area (Å²) in [6.07, 6.45) is 3.50. The van der Waals surface area contributed by atoms with Crippen molar-refractivity contribution in [3.8, 4) is 11.8 Å². The first-order valence-corrected chi connectivity index (χ1v) is 6.22. The Hall–Kier alpha value is -2.15. The summed E-state index contributed by atoms with van der Waals surface area (Å²) in [5, 5.41) is 17.3. The molecule has 0 unspecified atom stereocenters. The number of aryl methyl sites for hydroxylation is 1. The van der Waals surface area contributed by atoms with Crippen LogP contribution in [0, 0.1) is 18.3 Å². The normalized spacial score (nSPS) is 15.1. The Morgan fingerprint density at radius 1 is 1.39 bits per heavy atom. The van der Waals surface area contributed by atoms with Crippen molar-refractivity contribution in [2.75, 3.05) is 0 Å². The molecule has 1 heterocycles. The smallest absolute Gasteiger partial charge is 0.186 e. The second-order valence-electron chi connectivity index (χ2n) is 4.81. The molecule has 0 atom stereocenters. The van der Waals surface area contributed by atoms with Crippen molar-refractivity contribution in [2.45, 2.75) is 32.1 Å². The molecule has 0 N–H and O–H groups in total. The summed E-state index contributed by atoms with van der Waals surface area (Å²) < 4.78 is 1.83. The Kier molecular flexibility index (Phi) is 2.60. The lowest BCUT2D eigenvalue weighted by atomic mass is 9.82. The number of benzene rings is 1. The maximum Gasteiger partial charge on any atom is 0.186 e. The first-order valence-electron chi connectivity index (χ1n) is 6.22. The van der Waals surface area contributed by atoms with E-state index in [1.165, 1.54) is 12.0 Å². The second kappa shape index (κ2) is 4.26. The van der Waals surface area contributed by atoms with Crippen molar-refractivity contribution in [1.29, 1.82) is 5.26 Å². The topological polar surface area (TPSA) is 54.5 Å². The van der Waals surface area contributed by atoms with Crippen LogP contribution in [0.5, 0.6) is 0 Å². The van der Waals surface area contributed by atoms with E-state index in [0.717, 1.165) is 24.2 Å². The Labute approximate surface area is 106 Å². The summed E-state index contributed by atoms with van der Waals surface area (Å²) >= 11 is 0. The average Bonchev–Trinajstić information content (AvgIpc) is 2.70. The van der Waals surface area contributed by atoms with Crippen LogP contribution in [0.2, 0.25) is 0 Å². The maximum atomic E-state index is 9.14. The van der Waals surface area contributed by atoms with E-state index in [0.29, 0.717) is 11.6 Å². The van der Waals surface area contributed by atoms with Gasteiger partial charge in [0.1, 0.15) is 6.07 Å². The Morgan fingerprint density at radius 2 is 2.22 bits per heavy atom. The largest absolute Gasteiger partial charge is 0.216 e. The van der Waals surface area contributed by atoms with Crippen LogP contribution in [0.1, 0.15) is 42.1 Å². The zero-order valence-electron chi connectivity index (χ0n) is 10.3. The zero-order valence-corrected chi connectivity index (χ0v) is 10.3. The van der Waals surface area contributed by atoms with E-state index in [-0.39, 0.29) is 0 Å². The van der Waals surface area contributed by atoms with Crippen LogP contribution in [0.15, 0.2) is 24.3 Å². The number of rotatable bonds is 2. The van der Waals surface area contributed by atoms with Gasteiger partial charge in [-0.15, -0.1) is 5.10 Å². The van der Waals surface area contributed by atoms with Gasteiger partial charge in [0, 0.05) is 5.92 Å². The Bertz CT molecular complexity index is 617. The van der Waals surface area contributed by atoms with Gasteiger partial charge in [-0.25, -0.2) is 4.68 Å². The molecule has 90 valence electrons. The van der Waals surface area contributed by atoms with E-state index in [1.54, 1.807) is 0 Å². The van der Waals surface area contributed by atoms with Crippen LogP contribution in [0.4, 0.5) is 0 Å². The van der Waals surface area contributed by atoms with Crippen molar-refractivity contribution < 1.29 is 0 Å². The van der Waals surface area contributed by atoms with Crippen LogP contribution in [-0.2, 0) is 0 Å². The number of nitriles is 1. The van der Waals surface area contributed by atoms with Gasteiger partial charge in [-0.05, 0) is 37.5 Å². The van der Waals surface area contributed by atoms with Crippen molar-refractivity contribution in [1.82, 2.24) is 15.0 Å². The van der Waals surface area contributed by atoms with Gasteiger partial charge < -0.3 is 0 Å². The minimum absolute atomic E-state index is 0.440. The van der Waals surface area contributed by atoms with Gasteiger partial charge in [-0.1, -0.05) is 23.8 Å². The Balaban J connectivity index is 2.12. The molecule has 0 bridgehead atoms. The molecule has 1 fully saturated rings. The summed E-state index contributed by atoms with van der Waals surface area (Å²) in [6, 6.07) is 10.3. The second-order valence-corrected chi connectivity index (χ2v) is 4.81. The molecule has 4 nitrogen and oxygen atoms in total. The molecule has 18 heavy (non-hydrogen) atoms. The standard InChI is InChI=1S/C14H14N4/c1-10-4-2-7-12(8-10)18-14(11-5-3-6-11)13(9-15)16-17-18/h2,4,7-8,11H,3,5-6H2,1H3. The summed E-state index contributed by atoms with van der Waals surface area (Å²) in [6.45, 7) is 2.05. The molecule has 0 aliphatic heterocycles. The molecule has 1 saturated carbocycles. The molecular weight excluding hydrogens is 224 g/mol. The molecule has 0 saturated heterocycles. The van der Waals surface area contributed by atoms with E-state index in [9.17, 15) is 0 Å². The van der Waals surface area contributed by atoms with E-state index < -0.39 is 0 Å². The quantitative estimate of drug-likeness (QED) is 0.808. The highest BCUT2D eigenvalue weighted by Crippen LogP contribution is 2.38. The summed E-state index contributed by atoms with van der Waals surface area (Å²) in [5.74, 6) is 0.440. The average molecular weight is 238 g/mol. The highest BCUT2D eigenvalue weighted by atomic mass is 15.4. The number of nitrogens with zero attached hydrogens (tertiary/aromatic N) is 4. The molecule has 0 amide bonds. The zero-order chi connectivity index (χ0) is 12.5. The van der Waals surface area contributed by atoms with Gasteiger partial charge in [0.05, 0.1) is 11.4 Å². The van der Waals surface area contributed by atoms with Crippen molar-refractivity contribution in [2.24, 2.45) is 0 Å². The molecule has 1 aromatic heterocycles. The molecule has 3 rings (SSSR count). The minimum atomic E-state index is 0.440. The first-order chi connectivity index (χ1) is 8.79. The highest BCUT2D eigenvalue weighted by molar-refractivity contribution is 5.40. The number of hydrogen-bond donors (Lipinski definition) is 0. The lowest BCUT2D eigenvalue weighted by Gasteiger charge is -2.25. The molecular formula is C14H14N4. The Morgan fingerprint density at radius 3 is 2.83 bits per heavy atom. The van der Waals surface area contributed by atoms with Gasteiger partial charge in [0.15, 0.2) is 5.69 Å². The minimum Gasteiger partial charge on any atom is -0.216 e. The highest BCUT2D eigenvalue weighted by Gasteiger charge is 2.28. The van der Waals surface area contributed by atoms with Gasteiger partial charge in [-0.2, -0.15) is 5.26 Å². The van der Waals surface area contributed by atoms with Crippen LogP contribution in [0.25, 0.3) is 5.69 Å². The van der Waals surface area contributed by atoms with Crippen LogP contribution in [-0.4, -0.2) is 15.0 Å². The molecule has 1 aromatic carbocycles. The van der Waals surface area contributed by atoms with Gasteiger partial charge >= 0.3 is 0 Å². The molecule has 0 radical (unpaired) electrons. The predicted octanol–water partition coefficient (Wildman–Crippen LogP) is 2.71. The fraction of sp³-hybridized carbons (Fsp3) is 0.357. The lowest BCUT2D eigenvalue weighted by molar-refractivity contribution is 0.402. The van der Waals surface area contributed by atoms with Crippen molar-refractivity contribution >= 4 is 0 Å². The molecule has 0 spiro atoms. The lowest BCUT2D eigenvalue weighted by Crippen LogP contribution is -2.15. The van der Waals surface area contributed by atoms with Gasteiger partial charge in [0.25, 0.3) is 0 Å². The molecule has 1 aliphatic rings. The van der Waals surface area contributed by atoms with Crippen LogP contribution < -0.4 is 0 Å². The fourth-order valence-corrected chi connectivity index (χ4v) is 2.37. The monoisotopic (exact) mass is 238 g/mol. The van der Waals surface area contributed by atoms with Gasteiger partial charge in [-0.3, -0.25) is 0 Å². The third-order valence-electron chi connectivity index (χ3n) is 3.55. The molecule has 4 heteroatoms. The van der Waals surface area contributed by atoms with E-state index in [1.807, 2.05) is 16.8 Å². The third kappa shape index (κ3) is 1.68. The summed E-state index contributed by atoms with van der Waals surface area (Å²) in [7, 11) is 0. The summed E-state index contributed by atoms with van der Waals surface area (Å²) in [5.41, 5.74) is 3.63. The summed E-state index contributed by atoms with van der Waals surface area (Å²) in [4.78, 5) is 0. The van der Waals surface area contributed by atoms with E-state index in [4.69, 9.17) is 5.26 Å². The van der Waals surface area contributed by atoms with E-state index in [2.05, 4.69) is 35.4 Å². The maximum absolute atomic E-state index is 9.14.